The standard InChI is InChI=1S/C16H16ClN3O5/c1-16(2,3)25-15(21)19-18-9-11-5-7-14(24-11)12-6-4-10(20(22)23)8-13(12)17/h4-9H,1-3H3,(H,19,21)/b18-9-. The Balaban J connectivity index is 2.06. The number of furan rings is 1. The SMILES string of the molecule is CC(C)(C)OC(=O)N/N=C\c1ccc(-c2ccc([N+](=O)[O-])cc2Cl)o1. The first kappa shape index (κ1) is 18.5. The van der Waals surface area contributed by atoms with E-state index in [1.54, 1.807) is 32.9 Å². The predicted molar refractivity (Wildman–Crippen MR) is 92.8 cm³/mol. The minimum Gasteiger partial charge on any atom is -0.455 e. The number of carbonyl (C=O) groups is 1. The van der Waals surface area contributed by atoms with Gasteiger partial charge in [0.15, 0.2) is 0 Å². The largest absolute Gasteiger partial charge is 0.455 e. The number of nitrogens with zero attached hydrogens (tertiary/aromatic N) is 2. The Morgan fingerprint density at radius 1 is 1.36 bits per heavy atom. The van der Waals surface area contributed by atoms with Gasteiger partial charge in [-0.15, -0.1) is 0 Å². The number of hydrogen-bond acceptors (Lipinski definition) is 6. The van der Waals surface area contributed by atoms with Crippen LogP contribution in [0.5, 0.6) is 0 Å². The molecule has 0 spiro atoms. The highest BCUT2D eigenvalue weighted by Gasteiger charge is 2.16. The van der Waals surface area contributed by atoms with E-state index in [9.17, 15) is 14.9 Å². The van der Waals surface area contributed by atoms with Crippen molar-refractivity contribution >= 4 is 29.6 Å². The van der Waals surface area contributed by atoms with E-state index in [1.807, 2.05) is 0 Å². The number of benzene rings is 1. The molecule has 0 aliphatic rings. The van der Waals surface area contributed by atoms with Gasteiger partial charge in [-0.25, -0.2) is 10.2 Å². The normalized spacial score (nSPS) is 11.5. The second kappa shape index (κ2) is 7.35. The number of hydrogen-bond donors (Lipinski definition) is 1. The van der Waals surface area contributed by atoms with Gasteiger partial charge in [-0.3, -0.25) is 10.1 Å². The molecule has 0 fully saturated rings. The number of amides is 1. The average Bonchev–Trinajstić information content (AvgIpc) is 2.93. The second-order valence-electron chi connectivity index (χ2n) is 6.00. The number of halogens is 1. The van der Waals surface area contributed by atoms with E-state index >= 15 is 0 Å². The van der Waals surface area contributed by atoms with Crippen LogP contribution < -0.4 is 5.43 Å². The number of hydrazone groups is 1. The fourth-order valence-electron chi connectivity index (χ4n) is 1.83. The summed E-state index contributed by atoms with van der Waals surface area (Å²) in [4.78, 5) is 21.7. The molecule has 0 bridgehead atoms. The molecule has 1 aromatic carbocycles. The molecule has 25 heavy (non-hydrogen) atoms. The fourth-order valence-corrected chi connectivity index (χ4v) is 2.10. The van der Waals surface area contributed by atoms with Crippen LogP contribution in [0.25, 0.3) is 11.3 Å². The van der Waals surface area contributed by atoms with E-state index in [-0.39, 0.29) is 10.7 Å². The van der Waals surface area contributed by atoms with Gasteiger partial charge in [0.2, 0.25) is 0 Å². The fraction of sp³-hybridized carbons (Fsp3) is 0.250. The number of carbonyl (C=O) groups excluding carboxylic acids is 1. The molecular formula is C16H16ClN3O5. The first-order valence-electron chi connectivity index (χ1n) is 7.22. The van der Waals surface area contributed by atoms with E-state index in [0.29, 0.717) is 17.1 Å². The molecule has 1 heterocycles. The molecule has 1 amide bonds. The highest BCUT2D eigenvalue weighted by atomic mass is 35.5. The molecule has 0 aliphatic carbocycles. The molecule has 1 aromatic heterocycles. The van der Waals surface area contributed by atoms with E-state index in [2.05, 4.69) is 10.5 Å². The summed E-state index contributed by atoms with van der Waals surface area (Å²) >= 11 is 6.05. The van der Waals surface area contributed by atoms with E-state index < -0.39 is 16.6 Å². The Kier molecular flexibility index (Phi) is 5.43. The summed E-state index contributed by atoms with van der Waals surface area (Å²) in [5.74, 6) is 0.777. The third kappa shape index (κ3) is 5.32. The van der Waals surface area contributed by atoms with Crippen molar-refractivity contribution in [1.29, 1.82) is 0 Å². The second-order valence-corrected chi connectivity index (χ2v) is 6.40. The minimum atomic E-state index is -0.686. The zero-order chi connectivity index (χ0) is 18.6. The molecular weight excluding hydrogens is 350 g/mol. The zero-order valence-corrected chi connectivity index (χ0v) is 14.5. The summed E-state index contributed by atoms with van der Waals surface area (Å²) in [5, 5.41) is 14.6. The van der Waals surface area contributed by atoms with Crippen LogP contribution in [0, 0.1) is 10.1 Å². The van der Waals surface area contributed by atoms with Crippen LogP contribution in [0.15, 0.2) is 39.9 Å². The van der Waals surface area contributed by atoms with Crippen LogP contribution in [0.1, 0.15) is 26.5 Å². The summed E-state index contributed by atoms with van der Waals surface area (Å²) in [6.07, 6.45) is 0.612. The van der Waals surface area contributed by atoms with E-state index in [4.69, 9.17) is 20.8 Å². The summed E-state index contributed by atoms with van der Waals surface area (Å²) in [6.45, 7) is 5.22. The number of ether oxygens (including phenoxy) is 1. The summed E-state index contributed by atoms with van der Waals surface area (Å²) < 4.78 is 10.6. The Bertz CT molecular complexity index is 823. The van der Waals surface area contributed by atoms with Crippen molar-refractivity contribution < 1.29 is 18.9 Å². The highest BCUT2D eigenvalue weighted by Crippen LogP contribution is 2.31. The molecule has 8 nitrogen and oxygen atoms in total. The minimum absolute atomic E-state index is 0.108. The molecule has 0 saturated heterocycles. The van der Waals surface area contributed by atoms with Crippen molar-refractivity contribution in [3.63, 3.8) is 0 Å². The zero-order valence-electron chi connectivity index (χ0n) is 13.8. The lowest BCUT2D eigenvalue weighted by Crippen LogP contribution is -2.29. The Morgan fingerprint density at radius 2 is 2.08 bits per heavy atom. The van der Waals surface area contributed by atoms with Crippen LogP contribution in [-0.2, 0) is 4.74 Å². The van der Waals surface area contributed by atoms with Gasteiger partial charge in [-0.1, -0.05) is 11.6 Å². The van der Waals surface area contributed by atoms with Crippen molar-refractivity contribution in [3.8, 4) is 11.3 Å². The molecule has 0 saturated carbocycles. The Hall–Kier alpha value is -2.87. The maximum Gasteiger partial charge on any atom is 0.428 e. The predicted octanol–water partition coefficient (Wildman–Crippen LogP) is 4.37. The number of nitro benzene ring substituents is 1. The third-order valence-corrected chi connectivity index (χ3v) is 3.11. The smallest absolute Gasteiger partial charge is 0.428 e. The van der Waals surface area contributed by atoms with Crippen molar-refractivity contribution in [2.45, 2.75) is 26.4 Å². The molecule has 9 heteroatoms. The van der Waals surface area contributed by atoms with Gasteiger partial charge in [-0.2, -0.15) is 5.10 Å². The number of non-ortho nitro benzene ring substituents is 1. The lowest BCUT2D eigenvalue weighted by Gasteiger charge is -2.18. The monoisotopic (exact) mass is 365 g/mol. The molecule has 0 unspecified atom stereocenters. The number of nitrogens with one attached hydrogen (secondary N) is 1. The van der Waals surface area contributed by atoms with Gasteiger partial charge in [-0.05, 0) is 39.0 Å². The average molecular weight is 366 g/mol. The molecule has 2 aromatic rings. The Labute approximate surface area is 148 Å². The maximum atomic E-state index is 11.5. The van der Waals surface area contributed by atoms with Crippen LogP contribution in [0.2, 0.25) is 5.02 Å². The first-order chi connectivity index (χ1) is 11.7. The maximum absolute atomic E-state index is 11.5. The summed E-state index contributed by atoms with van der Waals surface area (Å²) in [5.41, 5.74) is 1.99. The van der Waals surface area contributed by atoms with Gasteiger partial charge in [0.1, 0.15) is 17.1 Å². The topological polar surface area (TPSA) is 107 Å². The van der Waals surface area contributed by atoms with E-state index in [0.717, 1.165) is 0 Å². The molecule has 0 radical (unpaired) electrons. The van der Waals surface area contributed by atoms with Crippen LogP contribution in [-0.4, -0.2) is 22.8 Å². The van der Waals surface area contributed by atoms with Crippen molar-refractivity contribution in [2.24, 2.45) is 5.10 Å². The highest BCUT2D eigenvalue weighted by molar-refractivity contribution is 6.33. The molecule has 2 rings (SSSR count). The lowest BCUT2D eigenvalue weighted by atomic mass is 10.1. The van der Waals surface area contributed by atoms with Gasteiger partial charge < -0.3 is 9.15 Å². The number of rotatable bonds is 4. The molecule has 132 valence electrons. The van der Waals surface area contributed by atoms with Gasteiger partial charge in [0.25, 0.3) is 5.69 Å². The number of nitro groups is 1. The van der Waals surface area contributed by atoms with Crippen LogP contribution in [0.4, 0.5) is 10.5 Å². The van der Waals surface area contributed by atoms with Crippen molar-refractivity contribution in [3.05, 3.63) is 51.2 Å². The summed E-state index contributed by atoms with van der Waals surface area (Å²) in [7, 11) is 0. The lowest BCUT2D eigenvalue weighted by molar-refractivity contribution is -0.384. The van der Waals surface area contributed by atoms with Crippen LogP contribution >= 0.6 is 11.6 Å². The van der Waals surface area contributed by atoms with Crippen molar-refractivity contribution in [2.75, 3.05) is 0 Å². The first-order valence-corrected chi connectivity index (χ1v) is 7.60. The van der Waals surface area contributed by atoms with Crippen LogP contribution in [0.3, 0.4) is 0 Å². The Morgan fingerprint density at radius 3 is 2.68 bits per heavy atom. The molecule has 1 N–H and O–H groups in total. The van der Waals surface area contributed by atoms with Gasteiger partial charge in [0, 0.05) is 17.7 Å². The van der Waals surface area contributed by atoms with Crippen molar-refractivity contribution in [1.82, 2.24) is 5.43 Å². The molecule has 0 aliphatic heterocycles. The van der Waals surface area contributed by atoms with Gasteiger partial charge in [0.05, 0.1) is 16.2 Å². The quantitative estimate of drug-likeness (QED) is 0.492. The molecule has 0 atom stereocenters. The van der Waals surface area contributed by atoms with Gasteiger partial charge >= 0.3 is 6.09 Å². The third-order valence-electron chi connectivity index (χ3n) is 2.80. The summed E-state index contributed by atoms with van der Waals surface area (Å²) in [6, 6.07) is 7.34. The van der Waals surface area contributed by atoms with E-state index in [1.165, 1.54) is 24.4 Å².